The summed E-state index contributed by atoms with van der Waals surface area (Å²) in [7, 11) is -3.91. The fourth-order valence-corrected chi connectivity index (χ4v) is 5.52. The molecule has 0 bridgehead atoms. The number of amides is 1. The molecule has 0 atom stereocenters. The van der Waals surface area contributed by atoms with E-state index in [1.165, 1.54) is 24.3 Å². The number of nitriles is 1. The van der Waals surface area contributed by atoms with Crippen molar-refractivity contribution in [1.29, 1.82) is 5.26 Å². The molecule has 2 aromatic carbocycles. The van der Waals surface area contributed by atoms with Crippen LogP contribution in [0.1, 0.15) is 51.5 Å². The predicted molar refractivity (Wildman–Crippen MR) is 131 cm³/mol. The average molecular weight is 489 g/mol. The van der Waals surface area contributed by atoms with Gasteiger partial charge in [0.15, 0.2) is 0 Å². The molecule has 0 radical (unpaired) electrons. The molecule has 0 fully saturated rings. The number of aromatic nitrogens is 3. The fourth-order valence-electron chi connectivity index (χ4n) is 4.44. The summed E-state index contributed by atoms with van der Waals surface area (Å²) in [4.78, 5) is 23.4. The van der Waals surface area contributed by atoms with Gasteiger partial charge in [-0.25, -0.2) is 13.4 Å². The van der Waals surface area contributed by atoms with Crippen molar-refractivity contribution in [2.45, 2.75) is 44.0 Å². The molecule has 1 aliphatic rings. The maximum absolute atomic E-state index is 13.0. The van der Waals surface area contributed by atoms with E-state index in [1.807, 2.05) is 6.92 Å². The molecule has 10 heteroatoms. The van der Waals surface area contributed by atoms with Crippen LogP contribution in [0.4, 0.5) is 5.69 Å². The number of carbonyl (C=O) groups is 1. The molecule has 4 aromatic rings. The van der Waals surface area contributed by atoms with Crippen molar-refractivity contribution in [3.05, 3.63) is 76.5 Å². The number of sulfonamides is 1. The van der Waals surface area contributed by atoms with Gasteiger partial charge in [0.2, 0.25) is 0 Å². The number of carbonyl (C=O) groups excluding carboxylic acids is 1. The zero-order chi connectivity index (χ0) is 24.6. The van der Waals surface area contributed by atoms with Gasteiger partial charge in [0.1, 0.15) is 11.9 Å². The van der Waals surface area contributed by atoms with Crippen molar-refractivity contribution in [2.75, 3.05) is 4.72 Å². The number of nitrogens with one attached hydrogen (secondary N) is 4. The number of nitrogens with zero attached hydrogens (tertiary/aromatic N) is 2. The largest absolute Gasteiger partial charge is 0.358 e. The Bertz CT molecular complexity index is 1550. The number of rotatable bonds is 6. The Morgan fingerprint density at radius 2 is 1.91 bits per heavy atom. The molecule has 9 nitrogen and oxygen atoms in total. The lowest BCUT2D eigenvalue weighted by atomic mass is 10.0. The summed E-state index contributed by atoms with van der Waals surface area (Å²) in [6.07, 6.45) is 5.78. The summed E-state index contributed by atoms with van der Waals surface area (Å²) in [5.74, 6) is 0.411. The average Bonchev–Trinajstić information content (AvgIpc) is 3.49. The van der Waals surface area contributed by atoms with E-state index >= 15 is 0 Å². The summed E-state index contributed by atoms with van der Waals surface area (Å²) in [5.41, 5.74) is 4.78. The number of aryl methyl sites for hydroxylation is 3. The van der Waals surface area contributed by atoms with Gasteiger partial charge < -0.3 is 15.3 Å². The first kappa shape index (κ1) is 22.7. The number of fused-ring (bicyclic) bond motifs is 2. The van der Waals surface area contributed by atoms with E-state index in [4.69, 9.17) is 0 Å². The van der Waals surface area contributed by atoms with Crippen LogP contribution >= 0.6 is 0 Å². The number of imidazole rings is 1. The Kier molecular flexibility index (Phi) is 5.78. The fraction of sp³-hybridized carbons (Fsp3) is 0.240. The second-order valence-corrected chi connectivity index (χ2v) is 10.3. The minimum absolute atomic E-state index is 0.0218. The van der Waals surface area contributed by atoms with Crippen LogP contribution in [0.3, 0.4) is 0 Å². The third-order valence-electron chi connectivity index (χ3n) is 6.26. The SMILES string of the molecule is Cc1ccc(NS(=O)(=O)c2ccc(C(=O)NCc3nc4c([nH]3)CCCC4)cc2)c2[nH]cc(C#N)c12. The number of anilines is 1. The van der Waals surface area contributed by atoms with E-state index in [0.29, 0.717) is 27.7 Å². The van der Waals surface area contributed by atoms with Crippen molar-refractivity contribution in [2.24, 2.45) is 0 Å². The van der Waals surface area contributed by atoms with Crippen LogP contribution in [-0.4, -0.2) is 29.3 Å². The lowest BCUT2D eigenvalue weighted by Gasteiger charge is -2.11. The molecular weight excluding hydrogens is 464 g/mol. The molecule has 0 aliphatic heterocycles. The Hall–Kier alpha value is -4.10. The van der Waals surface area contributed by atoms with Crippen LogP contribution in [0.5, 0.6) is 0 Å². The molecule has 4 N–H and O–H groups in total. The minimum atomic E-state index is -3.91. The summed E-state index contributed by atoms with van der Waals surface area (Å²) in [5, 5.41) is 12.8. The molecule has 2 aromatic heterocycles. The highest BCUT2D eigenvalue weighted by Gasteiger charge is 2.19. The van der Waals surface area contributed by atoms with Gasteiger partial charge in [0, 0.05) is 22.8 Å². The highest BCUT2D eigenvalue weighted by Crippen LogP contribution is 2.30. The van der Waals surface area contributed by atoms with E-state index in [1.54, 1.807) is 18.3 Å². The van der Waals surface area contributed by atoms with Gasteiger partial charge in [-0.15, -0.1) is 0 Å². The smallest absolute Gasteiger partial charge is 0.261 e. The first-order valence-corrected chi connectivity index (χ1v) is 12.8. The van der Waals surface area contributed by atoms with Crippen LogP contribution in [0, 0.1) is 18.3 Å². The topological polar surface area (TPSA) is 144 Å². The summed E-state index contributed by atoms with van der Waals surface area (Å²) in [6, 6.07) is 11.3. The Balaban J connectivity index is 1.29. The number of H-pyrrole nitrogens is 2. The first-order valence-electron chi connectivity index (χ1n) is 11.3. The predicted octanol–water partition coefficient (Wildman–Crippen LogP) is 3.68. The molecular formula is C25H24N6O3S. The quantitative estimate of drug-likeness (QED) is 0.327. The Morgan fingerprint density at radius 1 is 1.14 bits per heavy atom. The molecule has 0 unspecified atom stereocenters. The van der Waals surface area contributed by atoms with E-state index in [0.717, 1.165) is 48.5 Å². The van der Waals surface area contributed by atoms with Gasteiger partial charge in [-0.3, -0.25) is 9.52 Å². The zero-order valence-corrected chi connectivity index (χ0v) is 19.9. The van der Waals surface area contributed by atoms with Gasteiger partial charge in [-0.05, 0) is 68.5 Å². The van der Waals surface area contributed by atoms with E-state index in [9.17, 15) is 18.5 Å². The number of aromatic amines is 2. The van der Waals surface area contributed by atoms with Gasteiger partial charge in [-0.1, -0.05) is 6.07 Å². The van der Waals surface area contributed by atoms with Crippen molar-refractivity contribution in [3.8, 4) is 6.07 Å². The van der Waals surface area contributed by atoms with Crippen molar-refractivity contribution in [3.63, 3.8) is 0 Å². The molecule has 178 valence electrons. The van der Waals surface area contributed by atoms with Gasteiger partial charge in [0.05, 0.1) is 33.9 Å². The van der Waals surface area contributed by atoms with Crippen molar-refractivity contribution in [1.82, 2.24) is 20.3 Å². The third-order valence-corrected chi connectivity index (χ3v) is 7.64. The monoisotopic (exact) mass is 488 g/mol. The molecule has 0 saturated carbocycles. The first-order chi connectivity index (χ1) is 16.9. The zero-order valence-electron chi connectivity index (χ0n) is 19.1. The highest BCUT2D eigenvalue weighted by atomic mass is 32.2. The van der Waals surface area contributed by atoms with E-state index < -0.39 is 10.0 Å². The number of benzene rings is 2. The van der Waals surface area contributed by atoms with E-state index in [2.05, 4.69) is 31.1 Å². The van der Waals surface area contributed by atoms with Gasteiger partial charge in [0.25, 0.3) is 15.9 Å². The molecule has 0 spiro atoms. The standard InChI is InChI=1S/C25H24N6O3S/c1-15-6-11-21(24-23(15)17(12-26)13-27-24)31-35(33,34)18-9-7-16(8-10-18)25(32)28-14-22-29-19-4-2-3-5-20(19)30-22/h6-11,13,27,31H,2-5,14H2,1H3,(H,28,32)(H,29,30). The van der Waals surface area contributed by atoms with Crippen LogP contribution in [0.2, 0.25) is 0 Å². The lowest BCUT2D eigenvalue weighted by Crippen LogP contribution is -2.23. The molecule has 35 heavy (non-hydrogen) atoms. The Morgan fingerprint density at radius 3 is 2.66 bits per heavy atom. The maximum Gasteiger partial charge on any atom is 0.261 e. The van der Waals surface area contributed by atoms with Crippen LogP contribution < -0.4 is 10.0 Å². The van der Waals surface area contributed by atoms with Crippen LogP contribution in [0.25, 0.3) is 10.9 Å². The summed E-state index contributed by atoms with van der Waals surface area (Å²) in [6.45, 7) is 2.14. The van der Waals surface area contributed by atoms with Crippen LogP contribution in [-0.2, 0) is 29.4 Å². The van der Waals surface area contributed by atoms with Crippen molar-refractivity contribution < 1.29 is 13.2 Å². The molecule has 5 rings (SSSR count). The third kappa shape index (κ3) is 4.38. The molecule has 1 amide bonds. The summed E-state index contributed by atoms with van der Waals surface area (Å²) >= 11 is 0. The van der Waals surface area contributed by atoms with Gasteiger partial charge >= 0.3 is 0 Å². The van der Waals surface area contributed by atoms with Crippen LogP contribution in [0.15, 0.2) is 47.5 Å². The van der Waals surface area contributed by atoms with Crippen molar-refractivity contribution >= 4 is 32.5 Å². The van der Waals surface area contributed by atoms with Gasteiger partial charge in [-0.2, -0.15) is 5.26 Å². The normalized spacial score (nSPS) is 13.3. The second-order valence-electron chi connectivity index (χ2n) is 8.62. The number of hydrogen-bond donors (Lipinski definition) is 4. The number of hydrogen-bond acceptors (Lipinski definition) is 5. The lowest BCUT2D eigenvalue weighted by molar-refractivity contribution is 0.0950. The molecule has 0 saturated heterocycles. The molecule has 2 heterocycles. The summed E-state index contributed by atoms with van der Waals surface area (Å²) < 4.78 is 28.6. The minimum Gasteiger partial charge on any atom is -0.358 e. The highest BCUT2D eigenvalue weighted by molar-refractivity contribution is 7.92. The van der Waals surface area contributed by atoms with E-state index in [-0.39, 0.29) is 17.3 Å². The second kappa shape index (κ2) is 8.92. The maximum atomic E-state index is 13.0. The Labute approximate surface area is 202 Å². The molecule has 1 aliphatic carbocycles.